The van der Waals surface area contributed by atoms with E-state index in [0.29, 0.717) is 30.9 Å². The molecule has 52 heavy (non-hydrogen) atoms. The van der Waals surface area contributed by atoms with Crippen LogP contribution in [0, 0.1) is 11.3 Å². The SMILES string of the molecule is CCC(CNC(=O)[C@@H]1CC(Oc2nccc3cc(OC)ccc23)CN1C(=O)[C@@H](NC(=O)OC1(C)CC1)C(C)(C)C)CC(=O)NS(=O)(=O)OC1(C)CC1. The Hall–Kier alpha value is -4.18. The molecule has 2 aromatic rings. The number of fused-ring (bicyclic) bond motifs is 1. The van der Waals surface area contributed by atoms with Crippen molar-refractivity contribution in [3.8, 4) is 11.6 Å². The maximum atomic E-state index is 14.3. The number of benzene rings is 1. The standard InChI is InChI=1S/C36H51N5O10S/c1-8-22(17-28(42)40-52(46,47)51-36(6)14-15-36)20-38-30(43)27-19-25(49-31-26-10-9-24(48-7)18-23(26)11-16-37-31)21-41(27)32(44)29(34(2,3)4)39-33(45)50-35(5)12-13-35/h9-11,16,18,22,25,27,29H,8,12-15,17,19-21H2,1-7H3,(H,38,43)(H,39,45)(H,40,42)/t22?,25?,27-,29+/m0/s1. The zero-order chi connectivity index (χ0) is 38.1. The number of hydrogen-bond donors (Lipinski definition) is 3. The summed E-state index contributed by atoms with van der Waals surface area (Å²) in [7, 11) is -2.69. The molecule has 286 valence electrons. The Morgan fingerprint density at radius 1 is 1.06 bits per heavy atom. The van der Waals surface area contributed by atoms with Crippen LogP contribution in [-0.4, -0.2) is 91.7 Å². The lowest BCUT2D eigenvalue weighted by molar-refractivity contribution is -0.142. The molecule has 3 aliphatic rings. The summed E-state index contributed by atoms with van der Waals surface area (Å²) in [5.74, 6) is -1.12. The predicted octanol–water partition coefficient (Wildman–Crippen LogP) is 3.75. The fraction of sp³-hybridized carbons (Fsp3) is 0.639. The molecule has 1 aromatic carbocycles. The van der Waals surface area contributed by atoms with E-state index in [0.717, 1.165) is 23.6 Å². The lowest BCUT2D eigenvalue weighted by atomic mass is 9.85. The Morgan fingerprint density at radius 3 is 2.37 bits per heavy atom. The molecular formula is C36H51N5O10S. The van der Waals surface area contributed by atoms with E-state index in [-0.39, 0.29) is 25.9 Å². The first-order valence-corrected chi connectivity index (χ1v) is 19.2. The number of methoxy groups -OCH3 is 1. The Balaban J connectivity index is 1.31. The zero-order valence-corrected chi connectivity index (χ0v) is 31.8. The molecule has 3 fully saturated rings. The number of pyridine rings is 1. The summed E-state index contributed by atoms with van der Waals surface area (Å²) in [5, 5.41) is 7.18. The van der Waals surface area contributed by atoms with Gasteiger partial charge in [-0.3, -0.25) is 14.4 Å². The molecule has 5 rings (SSSR count). The molecule has 1 saturated heterocycles. The van der Waals surface area contributed by atoms with Crippen molar-refractivity contribution in [3.63, 3.8) is 0 Å². The smallest absolute Gasteiger partial charge is 0.408 e. The molecule has 0 bridgehead atoms. The van der Waals surface area contributed by atoms with Gasteiger partial charge in [-0.25, -0.2) is 18.7 Å². The van der Waals surface area contributed by atoms with E-state index >= 15 is 0 Å². The van der Waals surface area contributed by atoms with Crippen LogP contribution in [-0.2, 0) is 33.6 Å². The van der Waals surface area contributed by atoms with Gasteiger partial charge in [0.1, 0.15) is 29.5 Å². The van der Waals surface area contributed by atoms with Crippen molar-refractivity contribution in [2.75, 3.05) is 20.2 Å². The van der Waals surface area contributed by atoms with Crippen LogP contribution in [0.25, 0.3) is 10.8 Å². The van der Waals surface area contributed by atoms with Crippen LogP contribution >= 0.6 is 0 Å². The van der Waals surface area contributed by atoms with E-state index in [1.807, 2.05) is 57.5 Å². The van der Waals surface area contributed by atoms with Gasteiger partial charge in [-0.1, -0.05) is 34.1 Å². The highest BCUT2D eigenvalue weighted by molar-refractivity contribution is 7.85. The van der Waals surface area contributed by atoms with Gasteiger partial charge in [0.25, 0.3) is 0 Å². The summed E-state index contributed by atoms with van der Waals surface area (Å²) in [6.45, 7) is 10.8. The van der Waals surface area contributed by atoms with Crippen molar-refractivity contribution >= 4 is 44.9 Å². The molecule has 2 aliphatic carbocycles. The average Bonchev–Trinajstić information content (AvgIpc) is 3.93. The van der Waals surface area contributed by atoms with Crippen molar-refractivity contribution in [2.24, 2.45) is 11.3 Å². The van der Waals surface area contributed by atoms with Gasteiger partial charge >= 0.3 is 16.4 Å². The van der Waals surface area contributed by atoms with E-state index in [1.165, 1.54) is 4.90 Å². The minimum absolute atomic E-state index is 0.0303. The highest BCUT2D eigenvalue weighted by atomic mass is 32.2. The Labute approximate surface area is 305 Å². The van der Waals surface area contributed by atoms with Crippen LogP contribution in [0.2, 0.25) is 0 Å². The van der Waals surface area contributed by atoms with E-state index in [1.54, 1.807) is 26.3 Å². The van der Waals surface area contributed by atoms with Gasteiger partial charge in [-0.15, -0.1) is 0 Å². The van der Waals surface area contributed by atoms with Gasteiger partial charge in [-0.05, 0) is 80.5 Å². The lowest BCUT2D eigenvalue weighted by Crippen LogP contribution is -2.58. The molecule has 1 aliphatic heterocycles. The quantitative estimate of drug-likeness (QED) is 0.241. The van der Waals surface area contributed by atoms with Gasteiger partial charge in [0.05, 0.1) is 19.3 Å². The number of carbonyl (C=O) groups excluding carboxylic acids is 4. The summed E-state index contributed by atoms with van der Waals surface area (Å²) < 4.78 is 49.0. The average molecular weight is 746 g/mol. The number of amides is 4. The van der Waals surface area contributed by atoms with Gasteiger partial charge in [0.15, 0.2) is 0 Å². The van der Waals surface area contributed by atoms with Crippen LogP contribution in [0.4, 0.5) is 4.79 Å². The number of hydrogen-bond acceptors (Lipinski definition) is 11. The molecule has 4 amide bonds. The first-order valence-electron chi connectivity index (χ1n) is 17.8. The first-order chi connectivity index (χ1) is 24.3. The van der Waals surface area contributed by atoms with E-state index in [9.17, 15) is 27.6 Å². The third-order valence-electron chi connectivity index (χ3n) is 9.85. The second kappa shape index (κ2) is 15.0. The Morgan fingerprint density at radius 2 is 1.75 bits per heavy atom. The summed E-state index contributed by atoms with van der Waals surface area (Å²) in [5.41, 5.74) is -2.09. The third-order valence-corrected chi connectivity index (χ3v) is 10.9. The van der Waals surface area contributed by atoms with Gasteiger partial charge < -0.3 is 29.7 Å². The number of likely N-dealkylation sites (tertiary alicyclic amines) is 1. The number of carbonyl (C=O) groups is 4. The molecule has 1 aromatic heterocycles. The van der Waals surface area contributed by atoms with Crippen molar-refractivity contribution in [3.05, 3.63) is 30.5 Å². The number of nitrogens with one attached hydrogen (secondary N) is 3. The largest absolute Gasteiger partial charge is 0.497 e. The van der Waals surface area contributed by atoms with E-state index in [4.69, 9.17) is 18.4 Å². The van der Waals surface area contributed by atoms with E-state index < -0.39 is 74.8 Å². The van der Waals surface area contributed by atoms with Crippen molar-refractivity contribution in [2.45, 2.75) is 116 Å². The Bertz CT molecular complexity index is 1790. The lowest BCUT2D eigenvalue weighted by Gasteiger charge is -2.35. The maximum absolute atomic E-state index is 14.3. The highest BCUT2D eigenvalue weighted by Crippen LogP contribution is 2.40. The monoisotopic (exact) mass is 745 g/mol. The van der Waals surface area contributed by atoms with Crippen molar-refractivity contribution in [1.82, 2.24) is 25.2 Å². The molecule has 2 heterocycles. The molecule has 0 spiro atoms. The molecule has 15 nitrogen and oxygen atoms in total. The Kier molecular flexibility index (Phi) is 11.3. The third kappa shape index (κ3) is 10.0. The van der Waals surface area contributed by atoms with Gasteiger partial charge in [0, 0.05) is 31.0 Å². The second-order valence-corrected chi connectivity index (χ2v) is 17.0. The number of alkyl carbamates (subject to hydrolysis) is 1. The summed E-state index contributed by atoms with van der Waals surface area (Å²) >= 11 is 0. The molecule has 2 saturated carbocycles. The maximum Gasteiger partial charge on any atom is 0.408 e. The number of rotatable bonds is 15. The zero-order valence-electron chi connectivity index (χ0n) is 30.9. The van der Waals surface area contributed by atoms with Crippen LogP contribution in [0.5, 0.6) is 11.6 Å². The van der Waals surface area contributed by atoms with Crippen LogP contribution in [0.15, 0.2) is 30.5 Å². The molecule has 0 radical (unpaired) electrons. The second-order valence-electron chi connectivity index (χ2n) is 15.7. The number of ether oxygens (including phenoxy) is 3. The fourth-order valence-electron chi connectivity index (χ4n) is 6.06. The predicted molar refractivity (Wildman–Crippen MR) is 191 cm³/mol. The van der Waals surface area contributed by atoms with Crippen LogP contribution in [0.1, 0.15) is 86.5 Å². The highest BCUT2D eigenvalue weighted by Gasteiger charge is 2.48. The minimum Gasteiger partial charge on any atom is -0.497 e. The molecule has 2 unspecified atom stereocenters. The number of nitrogens with zero attached hydrogens (tertiary/aromatic N) is 2. The molecule has 3 N–H and O–H groups in total. The van der Waals surface area contributed by atoms with Crippen molar-refractivity contribution in [1.29, 1.82) is 0 Å². The molecular weight excluding hydrogens is 694 g/mol. The summed E-state index contributed by atoms with van der Waals surface area (Å²) in [6.07, 6.45) is 3.31. The normalized spacial score (nSPS) is 21.4. The van der Waals surface area contributed by atoms with Gasteiger partial charge in [0.2, 0.25) is 23.6 Å². The van der Waals surface area contributed by atoms with Crippen LogP contribution < -0.4 is 24.8 Å². The first kappa shape index (κ1) is 39.0. The van der Waals surface area contributed by atoms with Crippen molar-refractivity contribution < 1.29 is 46.0 Å². The minimum atomic E-state index is -4.27. The molecule has 16 heteroatoms. The van der Waals surface area contributed by atoms with Crippen LogP contribution in [0.3, 0.4) is 0 Å². The van der Waals surface area contributed by atoms with E-state index in [2.05, 4.69) is 15.6 Å². The van der Waals surface area contributed by atoms with Gasteiger partial charge in [-0.2, -0.15) is 8.42 Å². The fourth-order valence-corrected chi connectivity index (χ4v) is 7.16. The summed E-state index contributed by atoms with van der Waals surface area (Å²) in [6, 6.07) is 5.27. The number of aromatic nitrogens is 1. The molecule has 4 atom stereocenters. The summed E-state index contributed by atoms with van der Waals surface area (Å²) in [4.78, 5) is 59.7. The topological polar surface area (TPSA) is 192 Å².